The summed E-state index contributed by atoms with van der Waals surface area (Å²) in [6.45, 7) is 3.63. The van der Waals surface area contributed by atoms with Gasteiger partial charge in [0.15, 0.2) is 0 Å². The van der Waals surface area contributed by atoms with Crippen LogP contribution < -0.4 is 5.73 Å². The van der Waals surface area contributed by atoms with E-state index in [1.165, 1.54) is 0 Å². The highest BCUT2D eigenvalue weighted by molar-refractivity contribution is 5.75. The van der Waals surface area contributed by atoms with Crippen molar-refractivity contribution in [3.63, 3.8) is 0 Å². The number of hydrogen-bond acceptors (Lipinski definition) is 2. The predicted molar refractivity (Wildman–Crippen MR) is 38.2 cm³/mol. The van der Waals surface area contributed by atoms with Crippen molar-refractivity contribution >= 4 is 5.78 Å². The fourth-order valence-electron chi connectivity index (χ4n) is 0.593. The minimum Gasteiger partial charge on any atom is -0.328 e. The summed E-state index contributed by atoms with van der Waals surface area (Å²) < 4.78 is 0. The van der Waals surface area contributed by atoms with Crippen molar-refractivity contribution in [3.8, 4) is 0 Å². The zero-order chi connectivity index (χ0) is 7.28. The molecule has 0 heterocycles. The average molecular weight is 129 g/mol. The van der Waals surface area contributed by atoms with E-state index in [-0.39, 0.29) is 11.8 Å². The lowest BCUT2D eigenvalue weighted by molar-refractivity contribution is -0.117. The van der Waals surface area contributed by atoms with E-state index in [1.54, 1.807) is 6.92 Å². The van der Waals surface area contributed by atoms with Crippen molar-refractivity contribution in [3.05, 3.63) is 0 Å². The molecule has 0 fully saturated rings. The quantitative estimate of drug-likeness (QED) is 0.617. The van der Waals surface area contributed by atoms with Crippen LogP contribution in [-0.4, -0.2) is 11.8 Å². The van der Waals surface area contributed by atoms with E-state index < -0.39 is 0 Å². The second kappa shape index (κ2) is 4.50. The first kappa shape index (κ1) is 8.63. The first-order chi connectivity index (χ1) is 4.16. The van der Waals surface area contributed by atoms with E-state index in [2.05, 4.69) is 0 Å². The third kappa shape index (κ3) is 5.50. The van der Waals surface area contributed by atoms with Crippen molar-refractivity contribution in [2.75, 3.05) is 0 Å². The molecule has 0 aliphatic heterocycles. The fourth-order valence-corrected chi connectivity index (χ4v) is 0.593. The van der Waals surface area contributed by atoms with Gasteiger partial charge >= 0.3 is 0 Å². The van der Waals surface area contributed by atoms with Crippen LogP contribution in [0, 0.1) is 0 Å². The number of Topliss-reactive ketones (excluding diaryl/α,β-unsaturated/α-hetero) is 1. The molecule has 54 valence electrons. The zero-order valence-corrected chi connectivity index (χ0v) is 6.18. The fraction of sp³-hybridized carbons (Fsp3) is 0.857. The Morgan fingerprint density at radius 1 is 1.67 bits per heavy atom. The van der Waals surface area contributed by atoms with Crippen molar-refractivity contribution in [1.29, 1.82) is 0 Å². The molecule has 2 heteroatoms. The summed E-state index contributed by atoms with van der Waals surface area (Å²) in [6.07, 6.45) is 2.44. The van der Waals surface area contributed by atoms with Gasteiger partial charge in [-0.25, -0.2) is 0 Å². The molecule has 0 saturated heterocycles. The molecule has 0 aliphatic carbocycles. The Bertz CT molecular complexity index is 90.9. The summed E-state index contributed by atoms with van der Waals surface area (Å²) in [5, 5.41) is 0. The van der Waals surface area contributed by atoms with Crippen LogP contribution in [0.2, 0.25) is 0 Å². The molecule has 0 aromatic rings. The van der Waals surface area contributed by atoms with E-state index in [4.69, 9.17) is 5.73 Å². The highest BCUT2D eigenvalue weighted by Crippen LogP contribution is 1.97. The SMILES string of the molecule is CC[C@H](N)CCC(C)=O. The maximum Gasteiger partial charge on any atom is 0.129 e. The number of ketones is 1. The predicted octanol–water partition coefficient (Wildman–Crippen LogP) is 1.09. The van der Waals surface area contributed by atoms with Crippen LogP contribution in [0.4, 0.5) is 0 Å². The Hall–Kier alpha value is -0.370. The molecule has 0 aliphatic rings. The Kier molecular flexibility index (Phi) is 4.32. The van der Waals surface area contributed by atoms with Crippen LogP contribution in [0.15, 0.2) is 0 Å². The summed E-state index contributed by atoms with van der Waals surface area (Å²) in [5.41, 5.74) is 5.57. The lowest BCUT2D eigenvalue weighted by Crippen LogP contribution is -2.19. The maximum absolute atomic E-state index is 10.4. The Morgan fingerprint density at radius 3 is 2.56 bits per heavy atom. The van der Waals surface area contributed by atoms with Crippen LogP contribution in [0.3, 0.4) is 0 Å². The molecule has 0 spiro atoms. The number of hydrogen-bond donors (Lipinski definition) is 1. The van der Waals surface area contributed by atoms with Gasteiger partial charge in [-0.05, 0) is 19.8 Å². The summed E-state index contributed by atoms with van der Waals surface area (Å²) >= 11 is 0. The second-order valence-electron chi connectivity index (χ2n) is 2.41. The molecule has 0 bridgehead atoms. The Morgan fingerprint density at radius 2 is 2.22 bits per heavy atom. The van der Waals surface area contributed by atoms with Crippen LogP contribution in [-0.2, 0) is 4.79 Å². The van der Waals surface area contributed by atoms with Crippen LogP contribution >= 0.6 is 0 Å². The molecule has 9 heavy (non-hydrogen) atoms. The van der Waals surface area contributed by atoms with Crippen molar-refractivity contribution in [2.24, 2.45) is 5.73 Å². The van der Waals surface area contributed by atoms with E-state index in [9.17, 15) is 4.79 Å². The van der Waals surface area contributed by atoms with Crippen LogP contribution in [0.5, 0.6) is 0 Å². The van der Waals surface area contributed by atoms with Crippen molar-refractivity contribution in [1.82, 2.24) is 0 Å². The third-order valence-electron chi connectivity index (χ3n) is 1.39. The van der Waals surface area contributed by atoms with Gasteiger partial charge in [-0.1, -0.05) is 6.92 Å². The molecule has 2 nitrogen and oxygen atoms in total. The smallest absolute Gasteiger partial charge is 0.129 e. The normalized spacial score (nSPS) is 13.2. The summed E-state index contributed by atoms with van der Waals surface area (Å²) in [7, 11) is 0. The third-order valence-corrected chi connectivity index (χ3v) is 1.39. The summed E-state index contributed by atoms with van der Waals surface area (Å²) in [5.74, 6) is 0.235. The number of nitrogens with two attached hydrogens (primary N) is 1. The molecule has 0 unspecified atom stereocenters. The van der Waals surface area contributed by atoms with E-state index in [0.29, 0.717) is 6.42 Å². The van der Waals surface area contributed by atoms with Crippen molar-refractivity contribution in [2.45, 2.75) is 39.2 Å². The number of carbonyl (C=O) groups is 1. The number of rotatable bonds is 4. The van der Waals surface area contributed by atoms with Gasteiger partial charge in [0.25, 0.3) is 0 Å². The first-order valence-electron chi connectivity index (χ1n) is 3.41. The molecule has 1 atom stereocenters. The summed E-state index contributed by atoms with van der Waals surface area (Å²) in [6, 6.07) is 0.217. The summed E-state index contributed by atoms with van der Waals surface area (Å²) in [4.78, 5) is 10.4. The zero-order valence-electron chi connectivity index (χ0n) is 6.18. The lowest BCUT2D eigenvalue weighted by atomic mass is 10.1. The monoisotopic (exact) mass is 129 g/mol. The van der Waals surface area contributed by atoms with Gasteiger partial charge in [0.2, 0.25) is 0 Å². The van der Waals surface area contributed by atoms with Gasteiger partial charge in [0, 0.05) is 12.5 Å². The topological polar surface area (TPSA) is 43.1 Å². The highest BCUT2D eigenvalue weighted by Gasteiger charge is 1.99. The van der Waals surface area contributed by atoms with E-state index in [1.807, 2.05) is 6.92 Å². The number of carbonyl (C=O) groups excluding carboxylic acids is 1. The van der Waals surface area contributed by atoms with Gasteiger partial charge in [-0.2, -0.15) is 0 Å². The molecule has 0 saturated carbocycles. The Labute approximate surface area is 56.4 Å². The largest absolute Gasteiger partial charge is 0.328 e. The molecule has 0 aromatic carbocycles. The van der Waals surface area contributed by atoms with Gasteiger partial charge in [-0.15, -0.1) is 0 Å². The molecule has 0 aromatic heterocycles. The molecule has 0 rings (SSSR count). The van der Waals surface area contributed by atoms with E-state index >= 15 is 0 Å². The van der Waals surface area contributed by atoms with Crippen LogP contribution in [0.25, 0.3) is 0 Å². The standard InChI is InChI=1S/C7H15NO/c1-3-7(8)5-4-6(2)9/h7H,3-5,8H2,1-2H3/t7-/m0/s1. The minimum atomic E-state index is 0.217. The molecule has 0 amide bonds. The minimum absolute atomic E-state index is 0.217. The van der Waals surface area contributed by atoms with Crippen LogP contribution in [0.1, 0.15) is 33.1 Å². The van der Waals surface area contributed by atoms with Crippen molar-refractivity contribution < 1.29 is 4.79 Å². The maximum atomic E-state index is 10.4. The second-order valence-corrected chi connectivity index (χ2v) is 2.41. The Balaban J connectivity index is 3.16. The first-order valence-corrected chi connectivity index (χ1v) is 3.41. The van der Waals surface area contributed by atoms with Gasteiger partial charge in [0.1, 0.15) is 5.78 Å². The van der Waals surface area contributed by atoms with Gasteiger partial charge < -0.3 is 10.5 Å². The average Bonchev–Trinajstić information content (AvgIpc) is 1.83. The lowest BCUT2D eigenvalue weighted by Gasteiger charge is -2.04. The molecular weight excluding hydrogens is 114 g/mol. The highest BCUT2D eigenvalue weighted by atomic mass is 16.1. The van der Waals surface area contributed by atoms with Gasteiger partial charge in [0.05, 0.1) is 0 Å². The molecular formula is C7H15NO. The molecule has 0 radical (unpaired) electrons. The van der Waals surface area contributed by atoms with E-state index in [0.717, 1.165) is 12.8 Å². The van der Waals surface area contributed by atoms with Gasteiger partial charge in [-0.3, -0.25) is 0 Å². The molecule has 2 N–H and O–H groups in total.